The topological polar surface area (TPSA) is 38.3 Å². The number of carbonyl (C=O) groups excluding carboxylic acids is 1. The number of rotatable bonds is 4. The molecule has 4 heteroatoms. The zero-order valence-electron chi connectivity index (χ0n) is 10.8. The van der Waals surface area contributed by atoms with Crippen LogP contribution in [0.15, 0.2) is 18.2 Å². The van der Waals surface area contributed by atoms with Gasteiger partial charge < -0.3 is 10.1 Å². The summed E-state index contributed by atoms with van der Waals surface area (Å²) in [6.07, 6.45) is 2.74. The van der Waals surface area contributed by atoms with Gasteiger partial charge in [0, 0.05) is 5.56 Å². The summed E-state index contributed by atoms with van der Waals surface area (Å²) in [6.45, 7) is 2.95. The first-order chi connectivity index (χ1) is 8.63. The Bertz CT molecular complexity index is 453. The molecule has 3 nitrogen and oxygen atoms in total. The van der Waals surface area contributed by atoms with Gasteiger partial charge in [-0.1, -0.05) is 18.5 Å². The van der Waals surface area contributed by atoms with Crippen LogP contribution in [-0.4, -0.2) is 25.0 Å². The summed E-state index contributed by atoms with van der Waals surface area (Å²) < 4.78 is 5.16. The van der Waals surface area contributed by atoms with Crippen LogP contribution in [0.2, 0.25) is 5.02 Å². The molecule has 0 spiro atoms. The van der Waals surface area contributed by atoms with Gasteiger partial charge in [-0.2, -0.15) is 0 Å². The van der Waals surface area contributed by atoms with Crippen molar-refractivity contribution >= 4 is 17.4 Å². The van der Waals surface area contributed by atoms with Crippen molar-refractivity contribution in [2.24, 2.45) is 0 Å². The highest BCUT2D eigenvalue weighted by Crippen LogP contribution is 2.31. The molecule has 1 saturated heterocycles. The van der Waals surface area contributed by atoms with Crippen LogP contribution in [0.4, 0.5) is 0 Å². The first-order valence-corrected chi connectivity index (χ1v) is 6.64. The van der Waals surface area contributed by atoms with Crippen LogP contribution < -0.4 is 10.1 Å². The SMILES string of the molecule is CCC1(C(=O)c2ccc(Cl)c(OC)c2)CCCN1. The molecule has 1 heterocycles. The van der Waals surface area contributed by atoms with Gasteiger partial charge in [-0.25, -0.2) is 0 Å². The molecular weight excluding hydrogens is 250 g/mol. The number of methoxy groups -OCH3 is 1. The van der Waals surface area contributed by atoms with Crippen molar-refractivity contribution in [3.05, 3.63) is 28.8 Å². The molecule has 18 heavy (non-hydrogen) atoms. The van der Waals surface area contributed by atoms with Gasteiger partial charge in [0.1, 0.15) is 5.75 Å². The van der Waals surface area contributed by atoms with Crippen molar-refractivity contribution < 1.29 is 9.53 Å². The Balaban J connectivity index is 2.33. The van der Waals surface area contributed by atoms with Gasteiger partial charge in [-0.05, 0) is 44.0 Å². The fraction of sp³-hybridized carbons (Fsp3) is 0.500. The van der Waals surface area contributed by atoms with E-state index in [1.807, 2.05) is 6.92 Å². The molecule has 0 amide bonds. The summed E-state index contributed by atoms with van der Waals surface area (Å²) in [6, 6.07) is 5.21. The summed E-state index contributed by atoms with van der Waals surface area (Å²) >= 11 is 5.98. The third kappa shape index (κ3) is 2.25. The molecule has 1 N–H and O–H groups in total. The lowest BCUT2D eigenvalue weighted by Crippen LogP contribution is -2.47. The van der Waals surface area contributed by atoms with Crippen molar-refractivity contribution in [2.75, 3.05) is 13.7 Å². The third-order valence-electron chi connectivity index (χ3n) is 3.70. The number of Topliss-reactive ketones (excluding diaryl/α,β-unsaturated/α-hetero) is 1. The van der Waals surface area contributed by atoms with E-state index in [1.54, 1.807) is 25.3 Å². The highest BCUT2D eigenvalue weighted by atomic mass is 35.5. The maximum atomic E-state index is 12.6. The smallest absolute Gasteiger partial charge is 0.182 e. The Morgan fingerprint density at radius 2 is 2.33 bits per heavy atom. The summed E-state index contributed by atoms with van der Waals surface area (Å²) in [7, 11) is 1.55. The molecule has 1 aromatic rings. The molecule has 98 valence electrons. The fourth-order valence-electron chi connectivity index (χ4n) is 2.54. The largest absolute Gasteiger partial charge is 0.495 e. The van der Waals surface area contributed by atoms with Gasteiger partial charge in [-0.3, -0.25) is 4.79 Å². The van der Waals surface area contributed by atoms with E-state index < -0.39 is 5.54 Å². The van der Waals surface area contributed by atoms with E-state index in [2.05, 4.69) is 5.32 Å². The zero-order valence-corrected chi connectivity index (χ0v) is 11.5. The van der Waals surface area contributed by atoms with Gasteiger partial charge in [0.2, 0.25) is 0 Å². The number of carbonyl (C=O) groups is 1. The Morgan fingerprint density at radius 3 is 2.89 bits per heavy atom. The monoisotopic (exact) mass is 267 g/mol. The summed E-state index contributed by atoms with van der Waals surface area (Å²) in [4.78, 5) is 12.6. The van der Waals surface area contributed by atoms with Crippen molar-refractivity contribution in [1.29, 1.82) is 0 Å². The quantitative estimate of drug-likeness (QED) is 0.852. The molecular formula is C14H18ClNO2. The molecule has 1 aliphatic heterocycles. The number of hydrogen-bond donors (Lipinski definition) is 1. The maximum Gasteiger partial charge on any atom is 0.182 e. The Kier molecular flexibility index (Phi) is 3.93. The van der Waals surface area contributed by atoms with Gasteiger partial charge in [0.25, 0.3) is 0 Å². The third-order valence-corrected chi connectivity index (χ3v) is 4.01. The Labute approximate surface area is 112 Å². The first kappa shape index (κ1) is 13.4. The average molecular weight is 268 g/mol. The van der Waals surface area contributed by atoms with Gasteiger partial charge >= 0.3 is 0 Å². The summed E-state index contributed by atoms with van der Waals surface area (Å²) in [5, 5.41) is 3.87. The van der Waals surface area contributed by atoms with E-state index in [1.165, 1.54) is 0 Å². The molecule has 1 aromatic carbocycles. The van der Waals surface area contributed by atoms with Crippen LogP contribution in [0.1, 0.15) is 36.5 Å². The first-order valence-electron chi connectivity index (χ1n) is 6.26. The summed E-state index contributed by atoms with van der Waals surface area (Å²) in [5.41, 5.74) is 0.256. The van der Waals surface area contributed by atoms with E-state index in [9.17, 15) is 4.79 Å². The summed E-state index contributed by atoms with van der Waals surface area (Å²) in [5.74, 6) is 0.684. The van der Waals surface area contributed by atoms with Crippen molar-refractivity contribution in [3.63, 3.8) is 0 Å². The molecule has 0 saturated carbocycles. The van der Waals surface area contributed by atoms with E-state index >= 15 is 0 Å². The number of ether oxygens (including phenoxy) is 1. The lowest BCUT2D eigenvalue weighted by Gasteiger charge is -2.26. The minimum Gasteiger partial charge on any atom is -0.495 e. The van der Waals surface area contributed by atoms with E-state index in [0.29, 0.717) is 16.3 Å². The minimum atomic E-state index is -0.404. The second-order valence-corrected chi connectivity index (χ2v) is 5.05. The van der Waals surface area contributed by atoms with Crippen LogP contribution >= 0.6 is 11.6 Å². The lowest BCUT2D eigenvalue weighted by molar-refractivity contribution is 0.0863. The standard InChI is InChI=1S/C14H18ClNO2/c1-3-14(7-4-8-16-14)13(17)10-5-6-11(15)12(9-10)18-2/h5-6,9,16H,3-4,7-8H2,1-2H3. The second-order valence-electron chi connectivity index (χ2n) is 4.64. The van der Waals surface area contributed by atoms with Gasteiger partial charge in [-0.15, -0.1) is 0 Å². The maximum absolute atomic E-state index is 12.6. The molecule has 1 unspecified atom stereocenters. The van der Waals surface area contributed by atoms with E-state index in [-0.39, 0.29) is 5.78 Å². The molecule has 0 radical (unpaired) electrons. The lowest BCUT2D eigenvalue weighted by atomic mass is 9.85. The molecule has 0 aromatic heterocycles. The van der Waals surface area contributed by atoms with Crippen LogP contribution in [0.3, 0.4) is 0 Å². The van der Waals surface area contributed by atoms with Crippen molar-refractivity contribution in [3.8, 4) is 5.75 Å². The average Bonchev–Trinajstić information content (AvgIpc) is 2.88. The van der Waals surface area contributed by atoms with Crippen molar-refractivity contribution in [1.82, 2.24) is 5.32 Å². The minimum absolute atomic E-state index is 0.137. The van der Waals surface area contributed by atoms with Crippen LogP contribution in [0.5, 0.6) is 5.75 Å². The number of halogens is 1. The predicted molar refractivity (Wildman–Crippen MR) is 72.6 cm³/mol. The normalized spacial score (nSPS) is 23.1. The van der Waals surface area contributed by atoms with Gasteiger partial charge in [0.05, 0.1) is 17.7 Å². The fourth-order valence-corrected chi connectivity index (χ4v) is 2.73. The zero-order chi connectivity index (χ0) is 13.2. The Hall–Kier alpha value is -1.06. The van der Waals surface area contributed by atoms with Crippen LogP contribution in [-0.2, 0) is 0 Å². The number of benzene rings is 1. The highest BCUT2D eigenvalue weighted by Gasteiger charge is 2.39. The number of hydrogen-bond acceptors (Lipinski definition) is 3. The molecule has 0 bridgehead atoms. The predicted octanol–water partition coefficient (Wildman–Crippen LogP) is 3.06. The Morgan fingerprint density at radius 1 is 1.56 bits per heavy atom. The van der Waals surface area contributed by atoms with Crippen molar-refractivity contribution in [2.45, 2.75) is 31.7 Å². The van der Waals surface area contributed by atoms with Crippen LogP contribution in [0.25, 0.3) is 0 Å². The molecule has 1 fully saturated rings. The number of nitrogens with one attached hydrogen (secondary N) is 1. The molecule has 1 aliphatic rings. The molecule has 0 aliphatic carbocycles. The van der Waals surface area contributed by atoms with E-state index in [4.69, 9.17) is 16.3 Å². The van der Waals surface area contributed by atoms with Crippen LogP contribution in [0, 0.1) is 0 Å². The molecule has 2 rings (SSSR count). The number of ketones is 1. The second kappa shape index (κ2) is 5.29. The highest BCUT2D eigenvalue weighted by molar-refractivity contribution is 6.32. The molecule has 1 atom stereocenters. The van der Waals surface area contributed by atoms with Gasteiger partial charge in [0.15, 0.2) is 5.78 Å². The van der Waals surface area contributed by atoms with E-state index in [0.717, 1.165) is 25.8 Å².